The van der Waals surface area contributed by atoms with Crippen LogP contribution in [0.2, 0.25) is 0 Å². The largest absolute Gasteiger partial charge is 0.573 e. The summed E-state index contributed by atoms with van der Waals surface area (Å²) in [6, 6.07) is 9.42. The molecule has 2 aromatic rings. The number of nitrogens with zero attached hydrogens (tertiary/aromatic N) is 1. The second-order valence-electron chi connectivity index (χ2n) is 5.53. The van der Waals surface area contributed by atoms with Crippen LogP contribution in [0.5, 0.6) is 5.75 Å². The van der Waals surface area contributed by atoms with Gasteiger partial charge in [0, 0.05) is 18.3 Å². The van der Waals surface area contributed by atoms with Crippen LogP contribution in [0, 0.1) is 18.2 Å². The van der Waals surface area contributed by atoms with E-state index in [2.05, 4.69) is 20.7 Å². The third kappa shape index (κ3) is 6.09. The second kappa shape index (κ2) is 8.99. The van der Waals surface area contributed by atoms with Crippen LogP contribution in [0.1, 0.15) is 5.56 Å². The minimum Gasteiger partial charge on any atom is -0.453 e. The maximum atomic E-state index is 13.1. The van der Waals surface area contributed by atoms with E-state index in [1.807, 2.05) is 0 Å². The Bertz CT molecular complexity index is 861. The highest BCUT2D eigenvalue weighted by atomic mass is 19.4. The molecule has 1 amide bonds. The Morgan fingerprint density at radius 2 is 1.89 bits per heavy atom. The minimum absolute atomic E-state index is 0.0760. The van der Waals surface area contributed by atoms with Crippen molar-refractivity contribution in [2.75, 3.05) is 23.9 Å². The van der Waals surface area contributed by atoms with Crippen molar-refractivity contribution in [2.24, 2.45) is 0 Å². The van der Waals surface area contributed by atoms with Crippen LogP contribution in [0.4, 0.5) is 33.7 Å². The molecule has 28 heavy (non-hydrogen) atoms. The number of rotatable bonds is 6. The molecular formula is C19H16F4N2O3. The molecule has 0 atom stereocenters. The SMILES string of the molecule is C#CCN(Cc1ccc(F)cc1)c1ccc(NC(=O)OC)c(OC(F)(F)F)c1. The van der Waals surface area contributed by atoms with E-state index in [9.17, 15) is 22.4 Å². The summed E-state index contributed by atoms with van der Waals surface area (Å²) >= 11 is 0. The normalized spacial score (nSPS) is 10.7. The van der Waals surface area contributed by atoms with Gasteiger partial charge in [-0.1, -0.05) is 18.1 Å². The Labute approximate surface area is 158 Å². The topological polar surface area (TPSA) is 50.8 Å². The number of terminal acetylenes is 1. The molecule has 0 radical (unpaired) electrons. The molecule has 0 saturated heterocycles. The van der Waals surface area contributed by atoms with Crippen LogP contribution in [0.3, 0.4) is 0 Å². The van der Waals surface area contributed by atoms with Crippen molar-refractivity contribution >= 4 is 17.5 Å². The summed E-state index contributed by atoms with van der Waals surface area (Å²) in [6.07, 6.45) is -0.564. The summed E-state index contributed by atoms with van der Waals surface area (Å²) in [5.41, 5.74) is 0.791. The maximum Gasteiger partial charge on any atom is 0.573 e. The van der Waals surface area contributed by atoms with Crippen LogP contribution in [-0.2, 0) is 11.3 Å². The first kappa shape index (κ1) is 20.9. The highest BCUT2D eigenvalue weighted by molar-refractivity contribution is 5.87. The number of carbonyl (C=O) groups excluding carboxylic acids is 1. The first-order valence-electron chi connectivity index (χ1n) is 7.89. The predicted molar refractivity (Wildman–Crippen MR) is 95.4 cm³/mol. The average Bonchev–Trinajstić information content (AvgIpc) is 2.63. The number of amides is 1. The van der Waals surface area contributed by atoms with Gasteiger partial charge >= 0.3 is 12.5 Å². The van der Waals surface area contributed by atoms with Gasteiger partial charge in [0.05, 0.1) is 19.3 Å². The van der Waals surface area contributed by atoms with Gasteiger partial charge in [-0.25, -0.2) is 9.18 Å². The molecule has 0 saturated carbocycles. The molecule has 9 heteroatoms. The number of nitrogens with one attached hydrogen (secondary N) is 1. The molecule has 0 aliphatic carbocycles. The first-order chi connectivity index (χ1) is 13.2. The molecule has 1 N–H and O–H groups in total. The van der Waals surface area contributed by atoms with E-state index in [4.69, 9.17) is 6.42 Å². The lowest BCUT2D eigenvalue weighted by atomic mass is 10.1. The smallest absolute Gasteiger partial charge is 0.453 e. The number of halogens is 4. The molecule has 148 valence electrons. The monoisotopic (exact) mass is 396 g/mol. The van der Waals surface area contributed by atoms with Gasteiger partial charge in [-0.05, 0) is 29.8 Å². The quantitative estimate of drug-likeness (QED) is 0.575. The van der Waals surface area contributed by atoms with Crippen molar-refractivity contribution in [3.63, 3.8) is 0 Å². The Hall–Kier alpha value is -3.41. The molecule has 5 nitrogen and oxygen atoms in total. The molecule has 0 heterocycles. The summed E-state index contributed by atoms with van der Waals surface area (Å²) in [4.78, 5) is 12.9. The highest BCUT2D eigenvalue weighted by Gasteiger charge is 2.32. The van der Waals surface area contributed by atoms with Crippen LogP contribution in [-0.4, -0.2) is 26.1 Å². The molecule has 0 aromatic heterocycles. The van der Waals surface area contributed by atoms with E-state index in [-0.39, 0.29) is 18.8 Å². The minimum atomic E-state index is -4.97. The van der Waals surface area contributed by atoms with Gasteiger partial charge < -0.3 is 14.4 Å². The summed E-state index contributed by atoms with van der Waals surface area (Å²) < 4.78 is 59.8. The Kier molecular flexibility index (Phi) is 6.71. The lowest BCUT2D eigenvalue weighted by Crippen LogP contribution is -2.24. The fourth-order valence-electron chi connectivity index (χ4n) is 2.34. The lowest BCUT2D eigenvalue weighted by molar-refractivity contribution is -0.274. The molecule has 0 spiro atoms. The lowest BCUT2D eigenvalue weighted by Gasteiger charge is -2.24. The van der Waals surface area contributed by atoms with Crippen LogP contribution >= 0.6 is 0 Å². The average molecular weight is 396 g/mol. The van der Waals surface area contributed by atoms with Gasteiger partial charge in [0.15, 0.2) is 5.75 Å². The first-order valence-corrected chi connectivity index (χ1v) is 7.89. The van der Waals surface area contributed by atoms with Crippen molar-refractivity contribution < 1.29 is 31.8 Å². The number of hydrogen-bond donors (Lipinski definition) is 1. The number of anilines is 2. The van der Waals surface area contributed by atoms with Crippen molar-refractivity contribution in [2.45, 2.75) is 12.9 Å². The standard InChI is InChI=1S/C19H16F4N2O3/c1-3-10-25(12-13-4-6-14(20)7-5-13)15-8-9-16(24-18(26)27-2)17(11-15)28-19(21,22)23/h1,4-9,11H,10,12H2,2H3,(H,24,26). The molecule has 0 aliphatic heterocycles. The number of carbonyl (C=O) groups is 1. The number of benzene rings is 2. The van der Waals surface area contributed by atoms with Gasteiger partial charge in [0.1, 0.15) is 5.82 Å². The number of hydrogen-bond acceptors (Lipinski definition) is 4. The Morgan fingerprint density at radius 3 is 2.46 bits per heavy atom. The molecule has 0 bridgehead atoms. The van der Waals surface area contributed by atoms with E-state index in [0.29, 0.717) is 11.3 Å². The van der Waals surface area contributed by atoms with Gasteiger partial charge in [0.2, 0.25) is 0 Å². The molecule has 0 fully saturated rings. The molecule has 0 unspecified atom stereocenters. The van der Waals surface area contributed by atoms with E-state index >= 15 is 0 Å². The fraction of sp³-hybridized carbons (Fsp3) is 0.211. The van der Waals surface area contributed by atoms with E-state index in [0.717, 1.165) is 13.2 Å². The molecule has 2 aromatic carbocycles. The van der Waals surface area contributed by atoms with Crippen LogP contribution < -0.4 is 15.0 Å². The summed E-state index contributed by atoms with van der Waals surface area (Å²) in [6.45, 7) is 0.298. The van der Waals surface area contributed by atoms with Crippen LogP contribution in [0.15, 0.2) is 42.5 Å². The number of ether oxygens (including phenoxy) is 2. The zero-order valence-electron chi connectivity index (χ0n) is 14.7. The molecular weight excluding hydrogens is 380 g/mol. The third-order valence-electron chi connectivity index (χ3n) is 3.55. The maximum absolute atomic E-state index is 13.1. The number of methoxy groups -OCH3 is 1. The van der Waals surface area contributed by atoms with Gasteiger partial charge in [-0.15, -0.1) is 19.6 Å². The van der Waals surface area contributed by atoms with Crippen molar-refractivity contribution in [3.05, 3.63) is 53.8 Å². The predicted octanol–water partition coefficient (Wildman–Crippen LogP) is 4.54. The van der Waals surface area contributed by atoms with E-state index < -0.39 is 24.0 Å². The third-order valence-corrected chi connectivity index (χ3v) is 3.55. The summed E-state index contributed by atoms with van der Waals surface area (Å²) in [7, 11) is 1.07. The summed E-state index contributed by atoms with van der Waals surface area (Å²) in [5.74, 6) is 1.38. The van der Waals surface area contributed by atoms with Gasteiger partial charge in [-0.2, -0.15) is 0 Å². The van der Waals surface area contributed by atoms with Crippen LogP contribution in [0.25, 0.3) is 0 Å². The van der Waals surface area contributed by atoms with Crippen molar-refractivity contribution in [1.82, 2.24) is 0 Å². The van der Waals surface area contributed by atoms with Gasteiger partial charge in [-0.3, -0.25) is 5.32 Å². The Balaban J connectivity index is 2.37. The number of alkyl halides is 3. The van der Waals surface area contributed by atoms with Crippen molar-refractivity contribution in [1.29, 1.82) is 0 Å². The fourth-order valence-corrected chi connectivity index (χ4v) is 2.34. The molecule has 0 aliphatic rings. The summed E-state index contributed by atoms with van der Waals surface area (Å²) in [5, 5.41) is 2.15. The van der Waals surface area contributed by atoms with E-state index in [1.54, 1.807) is 17.0 Å². The van der Waals surface area contributed by atoms with E-state index in [1.165, 1.54) is 24.3 Å². The Morgan fingerprint density at radius 1 is 1.21 bits per heavy atom. The molecule has 2 rings (SSSR count). The highest BCUT2D eigenvalue weighted by Crippen LogP contribution is 2.34. The zero-order valence-corrected chi connectivity index (χ0v) is 14.7. The second-order valence-corrected chi connectivity index (χ2v) is 5.53. The van der Waals surface area contributed by atoms with Crippen molar-refractivity contribution in [3.8, 4) is 18.1 Å². The zero-order chi connectivity index (χ0) is 20.7. The van der Waals surface area contributed by atoms with Gasteiger partial charge in [0.25, 0.3) is 0 Å².